The lowest BCUT2D eigenvalue weighted by Crippen LogP contribution is -2.48. The molecular formula is C11H17Cl2N3O. The number of halogens is 2. The van der Waals surface area contributed by atoms with Gasteiger partial charge >= 0.3 is 0 Å². The summed E-state index contributed by atoms with van der Waals surface area (Å²) in [6.45, 7) is 4.67. The van der Waals surface area contributed by atoms with Crippen molar-refractivity contribution in [2.24, 2.45) is 5.92 Å². The number of carbonyl (C=O) groups excluding carboxylic acids is 1. The molecule has 0 bridgehead atoms. The maximum absolute atomic E-state index is 11.6. The van der Waals surface area contributed by atoms with Gasteiger partial charge in [0.05, 0.1) is 5.56 Å². The second-order valence-corrected chi connectivity index (χ2v) is 3.92. The van der Waals surface area contributed by atoms with Crippen LogP contribution in [0.1, 0.15) is 16.1 Å². The molecule has 2 rings (SSSR count). The topological polar surface area (TPSA) is 54.0 Å². The third-order valence-electron chi connectivity index (χ3n) is 2.59. The van der Waals surface area contributed by atoms with E-state index in [0.717, 1.165) is 25.3 Å². The molecule has 17 heavy (non-hydrogen) atoms. The van der Waals surface area contributed by atoms with Crippen molar-refractivity contribution in [1.29, 1.82) is 0 Å². The van der Waals surface area contributed by atoms with Gasteiger partial charge in [-0.15, -0.1) is 24.8 Å². The molecule has 1 saturated heterocycles. The van der Waals surface area contributed by atoms with Gasteiger partial charge < -0.3 is 10.6 Å². The maximum atomic E-state index is 11.6. The molecule has 1 aromatic rings. The Morgan fingerprint density at radius 2 is 2.18 bits per heavy atom. The fourth-order valence-electron chi connectivity index (χ4n) is 1.43. The van der Waals surface area contributed by atoms with Crippen molar-refractivity contribution in [3.05, 3.63) is 29.6 Å². The lowest BCUT2D eigenvalue weighted by molar-refractivity contribution is 0.0942. The minimum absolute atomic E-state index is 0. The summed E-state index contributed by atoms with van der Waals surface area (Å²) in [7, 11) is 0. The Hall–Kier alpha value is -0.840. The third-order valence-corrected chi connectivity index (χ3v) is 2.59. The molecule has 2 N–H and O–H groups in total. The number of nitrogens with one attached hydrogen (secondary N) is 2. The second-order valence-electron chi connectivity index (χ2n) is 3.92. The average Bonchev–Trinajstić information content (AvgIpc) is 2.16. The van der Waals surface area contributed by atoms with E-state index in [1.165, 1.54) is 0 Å². The molecule has 1 aliphatic rings. The highest BCUT2D eigenvalue weighted by molar-refractivity contribution is 5.93. The Kier molecular flexibility index (Phi) is 7.11. The maximum Gasteiger partial charge on any atom is 0.252 e. The van der Waals surface area contributed by atoms with Crippen LogP contribution in [0.5, 0.6) is 0 Å². The minimum Gasteiger partial charge on any atom is -0.352 e. The Morgan fingerprint density at radius 1 is 1.47 bits per heavy atom. The summed E-state index contributed by atoms with van der Waals surface area (Å²) in [6, 6.07) is 3.65. The summed E-state index contributed by atoms with van der Waals surface area (Å²) in [4.78, 5) is 15.7. The first-order chi connectivity index (χ1) is 7.25. The van der Waals surface area contributed by atoms with Crippen LogP contribution in [0.3, 0.4) is 0 Å². The number of amides is 1. The standard InChI is InChI=1S/C11H15N3O.2ClH/c1-8-2-3-10(7-13-8)11(15)14-6-9-4-12-5-9;;/h2-3,7,9,12H,4-6H2,1H3,(H,14,15);2*1H. The molecule has 0 unspecified atom stereocenters. The summed E-state index contributed by atoms with van der Waals surface area (Å²) in [5, 5.41) is 6.07. The molecule has 0 radical (unpaired) electrons. The van der Waals surface area contributed by atoms with E-state index in [-0.39, 0.29) is 30.7 Å². The molecule has 0 aliphatic carbocycles. The molecule has 1 fully saturated rings. The van der Waals surface area contributed by atoms with Crippen molar-refractivity contribution in [2.45, 2.75) is 6.92 Å². The number of pyridine rings is 1. The van der Waals surface area contributed by atoms with Gasteiger partial charge in [-0.1, -0.05) is 0 Å². The third kappa shape index (κ3) is 4.50. The lowest BCUT2D eigenvalue weighted by atomic mass is 10.0. The lowest BCUT2D eigenvalue weighted by Gasteiger charge is -2.27. The number of aryl methyl sites for hydroxylation is 1. The Balaban J connectivity index is 0.00000128. The highest BCUT2D eigenvalue weighted by atomic mass is 35.5. The smallest absolute Gasteiger partial charge is 0.252 e. The van der Waals surface area contributed by atoms with E-state index in [2.05, 4.69) is 15.6 Å². The molecule has 1 aliphatic heterocycles. The van der Waals surface area contributed by atoms with Gasteiger partial charge in [0.2, 0.25) is 0 Å². The predicted octanol–water partition coefficient (Wildman–Crippen LogP) is 1.18. The van der Waals surface area contributed by atoms with Crippen LogP contribution in [0.2, 0.25) is 0 Å². The van der Waals surface area contributed by atoms with E-state index >= 15 is 0 Å². The van der Waals surface area contributed by atoms with Crippen molar-refractivity contribution in [3.8, 4) is 0 Å². The Bertz CT molecular complexity index is 352. The van der Waals surface area contributed by atoms with Crippen molar-refractivity contribution in [2.75, 3.05) is 19.6 Å². The number of hydrogen-bond donors (Lipinski definition) is 2. The second kappa shape index (κ2) is 7.48. The van der Waals surface area contributed by atoms with Gasteiger partial charge in [-0.3, -0.25) is 9.78 Å². The summed E-state index contributed by atoms with van der Waals surface area (Å²) < 4.78 is 0. The molecule has 1 amide bonds. The molecule has 6 heteroatoms. The van der Waals surface area contributed by atoms with Crippen LogP contribution in [0, 0.1) is 12.8 Å². The van der Waals surface area contributed by atoms with Crippen LogP contribution in [0.15, 0.2) is 18.3 Å². The van der Waals surface area contributed by atoms with E-state index in [4.69, 9.17) is 0 Å². The molecule has 0 atom stereocenters. The first-order valence-corrected chi connectivity index (χ1v) is 5.17. The summed E-state index contributed by atoms with van der Waals surface area (Å²) in [6.07, 6.45) is 1.61. The van der Waals surface area contributed by atoms with Crippen molar-refractivity contribution in [3.63, 3.8) is 0 Å². The molecule has 0 spiro atoms. The van der Waals surface area contributed by atoms with Crippen LogP contribution in [0.25, 0.3) is 0 Å². The predicted molar refractivity (Wildman–Crippen MR) is 72.2 cm³/mol. The summed E-state index contributed by atoms with van der Waals surface area (Å²) in [5.41, 5.74) is 1.56. The molecule has 0 aromatic carbocycles. The first kappa shape index (κ1) is 16.2. The Morgan fingerprint density at radius 3 is 2.65 bits per heavy atom. The fourth-order valence-corrected chi connectivity index (χ4v) is 1.43. The zero-order valence-corrected chi connectivity index (χ0v) is 11.2. The van der Waals surface area contributed by atoms with E-state index < -0.39 is 0 Å². The number of aromatic nitrogens is 1. The number of carbonyl (C=O) groups is 1. The zero-order chi connectivity index (χ0) is 10.7. The van der Waals surface area contributed by atoms with E-state index in [1.807, 2.05) is 13.0 Å². The minimum atomic E-state index is -0.0330. The van der Waals surface area contributed by atoms with Crippen molar-refractivity contribution in [1.82, 2.24) is 15.6 Å². The van der Waals surface area contributed by atoms with E-state index in [9.17, 15) is 4.79 Å². The van der Waals surface area contributed by atoms with Gasteiger partial charge in [-0.05, 0) is 19.1 Å². The van der Waals surface area contributed by atoms with E-state index in [1.54, 1.807) is 12.3 Å². The zero-order valence-electron chi connectivity index (χ0n) is 9.60. The molecule has 1 aromatic heterocycles. The van der Waals surface area contributed by atoms with Gasteiger partial charge in [-0.25, -0.2) is 0 Å². The fraction of sp³-hybridized carbons (Fsp3) is 0.455. The molecule has 0 saturated carbocycles. The van der Waals surface area contributed by atoms with Gasteiger partial charge in [0.1, 0.15) is 0 Å². The van der Waals surface area contributed by atoms with Crippen LogP contribution < -0.4 is 10.6 Å². The quantitative estimate of drug-likeness (QED) is 0.873. The normalized spacial score (nSPS) is 13.9. The number of nitrogens with zero attached hydrogens (tertiary/aromatic N) is 1. The van der Waals surface area contributed by atoms with Crippen LogP contribution >= 0.6 is 24.8 Å². The monoisotopic (exact) mass is 277 g/mol. The van der Waals surface area contributed by atoms with Gasteiger partial charge in [-0.2, -0.15) is 0 Å². The van der Waals surface area contributed by atoms with Crippen molar-refractivity contribution < 1.29 is 4.79 Å². The Labute approximate surface area is 113 Å². The average molecular weight is 278 g/mol. The first-order valence-electron chi connectivity index (χ1n) is 5.17. The van der Waals surface area contributed by atoms with Gasteiger partial charge in [0.25, 0.3) is 5.91 Å². The highest BCUT2D eigenvalue weighted by Crippen LogP contribution is 2.02. The molecular weight excluding hydrogens is 261 g/mol. The van der Waals surface area contributed by atoms with E-state index in [0.29, 0.717) is 11.5 Å². The number of rotatable bonds is 3. The molecule has 4 nitrogen and oxygen atoms in total. The highest BCUT2D eigenvalue weighted by Gasteiger charge is 2.17. The molecule has 2 heterocycles. The van der Waals surface area contributed by atoms with Crippen LogP contribution in [-0.2, 0) is 0 Å². The summed E-state index contributed by atoms with van der Waals surface area (Å²) >= 11 is 0. The van der Waals surface area contributed by atoms with Crippen molar-refractivity contribution >= 4 is 30.7 Å². The van der Waals surface area contributed by atoms with Crippen LogP contribution in [-0.4, -0.2) is 30.5 Å². The number of hydrogen-bond acceptors (Lipinski definition) is 3. The SMILES string of the molecule is Cc1ccc(C(=O)NCC2CNC2)cn1.Cl.Cl. The molecule has 96 valence electrons. The van der Waals surface area contributed by atoms with Crippen LogP contribution in [0.4, 0.5) is 0 Å². The summed E-state index contributed by atoms with van der Waals surface area (Å²) in [5.74, 6) is 0.557. The van der Waals surface area contributed by atoms with Gasteiger partial charge in [0.15, 0.2) is 0 Å². The largest absolute Gasteiger partial charge is 0.352 e. The van der Waals surface area contributed by atoms with Gasteiger partial charge in [0, 0.05) is 37.4 Å².